The lowest BCUT2D eigenvalue weighted by atomic mass is 10.0. The van der Waals surface area contributed by atoms with Gasteiger partial charge in [0.25, 0.3) is 0 Å². The van der Waals surface area contributed by atoms with Gasteiger partial charge in [0.05, 0.1) is 16.7 Å². The van der Waals surface area contributed by atoms with Gasteiger partial charge in [0.15, 0.2) is 9.84 Å². The number of nitriles is 1. The molecule has 0 aromatic heterocycles. The van der Waals surface area contributed by atoms with Crippen LogP contribution in [0.5, 0.6) is 0 Å². The molecule has 4 heteroatoms. The highest BCUT2D eigenvalue weighted by atomic mass is 32.2. The zero-order chi connectivity index (χ0) is 13.2. The predicted molar refractivity (Wildman–Crippen MR) is 67.7 cm³/mol. The summed E-state index contributed by atoms with van der Waals surface area (Å²) < 4.78 is 24.4. The Kier molecular flexibility index (Phi) is 3.94. The van der Waals surface area contributed by atoms with Gasteiger partial charge in [0.1, 0.15) is 0 Å². The number of hydrogen-bond donors (Lipinski definition) is 0. The first-order valence-electron chi connectivity index (χ1n) is 5.48. The van der Waals surface area contributed by atoms with E-state index in [4.69, 9.17) is 5.26 Å². The molecule has 0 saturated heterocycles. The number of sulfone groups is 1. The molecule has 0 heterocycles. The molecule has 0 fully saturated rings. The minimum absolute atomic E-state index is 0.0359. The SMILES string of the molecule is Cc1cc(C)c(C)c(S(=O)(=O)CCC#N)c1C. The average Bonchev–Trinajstić information content (AvgIpc) is 2.24. The molecule has 0 spiro atoms. The molecule has 0 N–H and O–H groups in total. The maximum Gasteiger partial charge on any atom is 0.179 e. The Bertz CT molecular complexity index is 554. The third-order valence-electron chi connectivity index (χ3n) is 3.09. The van der Waals surface area contributed by atoms with E-state index in [2.05, 4.69) is 0 Å². The smallest absolute Gasteiger partial charge is 0.179 e. The molecule has 0 amide bonds. The lowest BCUT2D eigenvalue weighted by molar-refractivity contribution is 0.594. The van der Waals surface area contributed by atoms with Crippen LogP contribution in [0.4, 0.5) is 0 Å². The van der Waals surface area contributed by atoms with Crippen molar-refractivity contribution in [2.45, 2.75) is 39.0 Å². The van der Waals surface area contributed by atoms with Gasteiger partial charge in [0, 0.05) is 6.42 Å². The maximum absolute atomic E-state index is 12.2. The maximum atomic E-state index is 12.2. The van der Waals surface area contributed by atoms with Crippen molar-refractivity contribution in [3.63, 3.8) is 0 Å². The predicted octanol–water partition coefficient (Wildman–Crippen LogP) is 2.61. The summed E-state index contributed by atoms with van der Waals surface area (Å²) in [6.07, 6.45) is 0.0359. The van der Waals surface area contributed by atoms with E-state index in [0.29, 0.717) is 4.90 Å². The first-order valence-corrected chi connectivity index (χ1v) is 7.13. The Morgan fingerprint density at radius 1 is 1.12 bits per heavy atom. The number of rotatable bonds is 3. The Labute approximate surface area is 103 Å². The number of aryl methyl sites for hydroxylation is 2. The van der Waals surface area contributed by atoms with Crippen molar-refractivity contribution in [2.24, 2.45) is 0 Å². The Balaban J connectivity index is 3.47. The van der Waals surface area contributed by atoms with Crippen LogP contribution in [0.15, 0.2) is 11.0 Å². The molecule has 1 rings (SSSR count). The summed E-state index contributed by atoms with van der Waals surface area (Å²) in [5.41, 5.74) is 3.55. The van der Waals surface area contributed by atoms with Crippen LogP contribution < -0.4 is 0 Å². The minimum atomic E-state index is -3.35. The molecule has 0 radical (unpaired) electrons. The first-order chi connectivity index (χ1) is 7.81. The summed E-state index contributed by atoms with van der Waals surface area (Å²) in [6, 6.07) is 3.88. The standard InChI is InChI=1S/C13H17NO2S/c1-9-8-10(2)12(4)13(11(9)3)17(15,16)7-5-6-14/h8H,5,7H2,1-4H3. The second-order valence-electron chi connectivity index (χ2n) is 4.32. The fourth-order valence-corrected chi connectivity index (χ4v) is 3.75. The van der Waals surface area contributed by atoms with Crippen LogP contribution in [0.1, 0.15) is 28.7 Å². The first kappa shape index (κ1) is 13.7. The van der Waals surface area contributed by atoms with Crippen LogP contribution in [0.25, 0.3) is 0 Å². The average molecular weight is 251 g/mol. The fourth-order valence-electron chi connectivity index (χ4n) is 1.93. The third-order valence-corrected chi connectivity index (χ3v) is 5.07. The molecular weight excluding hydrogens is 234 g/mol. The van der Waals surface area contributed by atoms with E-state index in [9.17, 15) is 8.42 Å². The molecule has 17 heavy (non-hydrogen) atoms. The molecule has 1 aromatic carbocycles. The molecule has 0 atom stereocenters. The summed E-state index contributed by atoms with van der Waals surface area (Å²) >= 11 is 0. The van der Waals surface area contributed by atoms with Gasteiger partial charge in [-0.15, -0.1) is 0 Å². The lowest BCUT2D eigenvalue weighted by Gasteiger charge is -2.14. The van der Waals surface area contributed by atoms with Crippen molar-refractivity contribution >= 4 is 9.84 Å². The van der Waals surface area contributed by atoms with Crippen LogP contribution in [0.3, 0.4) is 0 Å². The van der Waals surface area contributed by atoms with Crippen LogP contribution >= 0.6 is 0 Å². The molecule has 0 aliphatic heterocycles. The molecule has 0 aliphatic carbocycles. The lowest BCUT2D eigenvalue weighted by Crippen LogP contribution is -2.12. The number of nitrogens with zero attached hydrogens (tertiary/aromatic N) is 1. The highest BCUT2D eigenvalue weighted by Crippen LogP contribution is 2.27. The Morgan fingerprint density at radius 3 is 2.00 bits per heavy atom. The third kappa shape index (κ3) is 2.67. The van der Waals surface area contributed by atoms with Crippen LogP contribution in [-0.4, -0.2) is 14.2 Å². The summed E-state index contributed by atoms with van der Waals surface area (Å²) in [7, 11) is -3.35. The van der Waals surface area contributed by atoms with Gasteiger partial charge in [-0.05, 0) is 49.9 Å². The van der Waals surface area contributed by atoms with Crippen molar-refractivity contribution in [3.8, 4) is 6.07 Å². The molecule has 0 saturated carbocycles. The molecule has 1 aromatic rings. The summed E-state index contributed by atoms with van der Waals surface area (Å²) in [6.45, 7) is 7.46. The van der Waals surface area contributed by atoms with E-state index >= 15 is 0 Å². The zero-order valence-corrected chi connectivity index (χ0v) is 11.5. The fraction of sp³-hybridized carbons (Fsp3) is 0.462. The minimum Gasteiger partial charge on any atom is -0.224 e. The van der Waals surface area contributed by atoms with Gasteiger partial charge in [-0.25, -0.2) is 8.42 Å². The van der Waals surface area contributed by atoms with Gasteiger partial charge >= 0.3 is 0 Å². The molecular formula is C13H17NO2S. The van der Waals surface area contributed by atoms with Crippen LogP contribution in [0.2, 0.25) is 0 Å². The summed E-state index contributed by atoms with van der Waals surface area (Å²) in [5.74, 6) is -0.103. The van der Waals surface area contributed by atoms with E-state index < -0.39 is 9.84 Å². The van der Waals surface area contributed by atoms with Crippen molar-refractivity contribution in [3.05, 3.63) is 28.3 Å². The van der Waals surface area contributed by atoms with Crippen molar-refractivity contribution in [1.29, 1.82) is 5.26 Å². The Hall–Kier alpha value is -1.34. The highest BCUT2D eigenvalue weighted by Gasteiger charge is 2.21. The van der Waals surface area contributed by atoms with E-state index in [1.54, 1.807) is 0 Å². The molecule has 92 valence electrons. The van der Waals surface area contributed by atoms with Gasteiger partial charge < -0.3 is 0 Å². The monoisotopic (exact) mass is 251 g/mol. The molecule has 3 nitrogen and oxygen atoms in total. The van der Waals surface area contributed by atoms with E-state index in [-0.39, 0.29) is 12.2 Å². The van der Waals surface area contributed by atoms with Crippen molar-refractivity contribution < 1.29 is 8.42 Å². The summed E-state index contributed by atoms with van der Waals surface area (Å²) in [4.78, 5) is 0.408. The molecule has 0 bridgehead atoms. The van der Waals surface area contributed by atoms with Gasteiger partial charge in [0.2, 0.25) is 0 Å². The number of benzene rings is 1. The van der Waals surface area contributed by atoms with Crippen LogP contribution in [-0.2, 0) is 9.84 Å². The van der Waals surface area contributed by atoms with Crippen LogP contribution in [0, 0.1) is 39.0 Å². The number of hydrogen-bond acceptors (Lipinski definition) is 3. The van der Waals surface area contributed by atoms with E-state index in [0.717, 1.165) is 22.3 Å². The largest absolute Gasteiger partial charge is 0.224 e. The molecule has 0 aliphatic rings. The second kappa shape index (κ2) is 4.89. The second-order valence-corrected chi connectivity index (χ2v) is 6.36. The van der Waals surface area contributed by atoms with Crippen molar-refractivity contribution in [1.82, 2.24) is 0 Å². The normalized spacial score (nSPS) is 11.2. The zero-order valence-electron chi connectivity index (χ0n) is 10.7. The van der Waals surface area contributed by atoms with Gasteiger partial charge in [-0.3, -0.25) is 0 Å². The Morgan fingerprint density at radius 2 is 1.59 bits per heavy atom. The van der Waals surface area contributed by atoms with Gasteiger partial charge in [-0.1, -0.05) is 6.07 Å². The quantitative estimate of drug-likeness (QED) is 0.829. The van der Waals surface area contributed by atoms with Gasteiger partial charge in [-0.2, -0.15) is 5.26 Å². The summed E-state index contributed by atoms with van der Waals surface area (Å²) in [5, 5.41) is 8.51. The van der Waals surface area contributed by atoms with Crippen molar-refractivity contribution in [2.75, 3.05) is 5.75 Å². The topological polar surface area (TPSA) is 57.9 Å². The highest BCUT2D eigenvalue weighted by molar-refractivity contribution is 7.91. The molecule has 0 unspecified atom stereocenters. The van der Waals surface area contributed by atoms with E-state index in [1.165, 1.54) is 0 Å². The van der Waals surface area contributed by atoms with E-state index in [1.807, 2.05) is 39.8 Å².